The molecule has 2 rings (SSSR count). The van der Waals surface area contributed by atoms with Crippen molar-refractivity contribution in [2.45, 2.75) is 26.9 Å². The van der Waals surface area contributed by atoms with Crippen molar-refractivity contribution in [1.29, 1.82) is 0 Å². The molecule has 0 amide bonds. The van der Waals surface area contributed by atoms with E-state index in [0.717, 1.165) is 0 Å². The smallest absolute Gasteiger partial charge is 0.371 e. The quantitative estimate of drug-likeness (QED) is 0.897. The number of carbonyl (C=O) groups is 1. The van der Waals surface area contributed by atoms with E-state index < -0.39 is 5.97 Å². The number of furan rings is 1. The highest BCUT2D eigenvalue weighted by Crippen LogP contribution is 2.34. The Balaban J connectivity index is 2.54. The van der Waals surface area contributed by atoms with Crippen molar-refractivity contribution < 1.29 is 23.8 Å². The summed E-state index contributed by atoms with van der Waals surface area (Å²) in [4.78, 5) is 10.9. The van der Waals surface area contributed by atoms with Crippen LogP contribution < -0.4 is 9.47 Å². The van der Waals surface area contributed by atoms with Crippen LogP contribution in [0.5, 0.6) is 11.5 Å². The zero-order valence-electron chi connectivity index (χ0n) is 11.1. The Bertz CT molecular complexity index is 597. The molecule has 0 aliphatic carbocycles. The maximum Gasteiger partial charge on any atom is 0.371 e. The predicted octanol–water partition coefficient (Wildman–Crippen LogP) is 3.32. The highest BCUT2D eigenvalue weighted by atomic mass is 16.5. The molecule has 0 fully saturated rings. The Morgan fingerprint density at radius 2 is 2.11 bits per heavy atom. The summed E-state index contributed by atoms with van der Waals surface area (Å²) in [6, 6.07) is 4.87. The van der Waals surface area contributed by atoms with Crippen LogP contribution in [0.3, 0.4) is 0 Å². The van der Waals surface area contributed by atoms with E-state index >= 15 is 0 Å². The zero-order valence-corrected chi connectivity index (χ0v) is 11.1. The second kappa shape index (κ2) is 5.22. The average Bonchev–Trinajstić information content (AvgIpc) is 2.72. The van der Waals surface area contributed by atoms with Gasteiger partial charge in [0.05, 0.1) is 18.1 Å². The number of hydrogen-bond donors (Lipinski definition) is 1. The van der Waals surface area contributed by atoms with Crippen molar-refractivity contribution in [1.82, 2.24) is 0 Å². The number of aromatic carboxylic acids is 1. The highest BCUT2D eigenvalue weighted by Gasteiger charge is 2.16. The molecule has 1 N–H and O–H groups in total. The molecular formula is C14H16O5. The van der Waals surface area contributed by atoms with Crippen molar-refractivity contribution >= 4 is 16.9 Å². The summed E-state index contributed by atoms with van der Waals surface area (Å²) in [6.45, 7) is 6.17. The first-order valence-electron chi connectivity index (χ1n) is 6.11. The van der Waals surface area contributed by atoms with Crippen LogP contribution in [0.4, 0.5) is 0 Å². The summed E-state index contributed by atoms with van der Waals surface area (Å²) in [5, 5.41) is 9.59. The fourth-order valence-electron chi connectivity index (χ4n) is 1.80. The van der Waals surface area contributed by atoms with Gasteiger partial charge in [0.1, 0.15) is 17.1 Å². The van der Waals surface area contributed by atoms with E-state index in [1.807, 2.05) is 20.8 Å². The van der Waals surface area contributed by atoms with Gasteiger partial charge in [-0.1, -0.05) is 0 Å². The molecule has 1 aromatic carbocycles. The van der Waals surface area contributed by atoms with Gasteiger partial charge in [0.2, 0.25) is 5.76 Å². The van der Waals surface area contributed by atoms with Gasteiger partial charge in [0.25, 0.3) is 0 Å². The van der Waals surface area contributed by atoms with Crippen LogP contribution in [0.2, 0.25) is 0 Å². The second-order valence-electron chi connectivity index (χ2n) is 4.35. The molecule has 5 nitrogen and oxygen atoms in total. The molecular weight excluding hydrogens is 248 g/mol. The number of benzene rings is 1. The van der Waals surface area contributed by atoms with Crippen LogP contribution in [0.25, 0.3) is 11.0 Å². The molecule has 0 unspecified atom stereocenters. The molecule has 102 valence electrons. The monoisotopic (exact) mass is 264 g/mol. The predicted molar refractivity (Wildman–Crippen MR) is 70.1 cm³/mol. The molecule has 5 heteroatoms. The first kappa shape index (κ1) is 13.3. The Kier molecular flexibility index (Phi) is 3.64. The lowest BCUT2D eigenvalue weighted by atomic mass is 10.2. The minimum atomic E-state index is -1.11. The largest absolute Gasteiger partial charge is 0.493 e. The summed E-state index contributed by atoms with van der Waals surface area (Å²) in [5.74, 6) is -0.0632. The summed E-state index contributed by atoms with van der Waals surface area (Å²) in [6.07, 6.45) is 0.0147. The molecule has 0 aliphatic heterocycles. The van der Waals surface area contributed by atoms with Crippen molar-refractivity contribution in [2.75, 3.05) is 6.61 Å². The van der Waals surface area contributed by atoms with Crippen molar-refractivity contribution in [2.24, 2.45) is 0 Å². The van der Waals surface area contributed by atoms with Crippen molar-refractivity contribution in [3.05, 3.63) is 24.0 Å². The Morgan fingerprint density at radius 1 is 1.37 bits per heavy atom. The van der Waals surface area contributed by atoms with Gasteiger partial charge in [-0.2, -0.15) is 0 Å². The Labute approximate surface area is 110 Å². The third-order valence-corrected chi connectivity index (χ3v) is 2.46. The first-order chi connectivity index (χ1) is 9.01. The van der Waals surface area contributed by atoms with E-state index in [1.54, 1.807) is 12.1 Å². The molecule has 0 saturated heterocycles. The Morgan fingerprint density at radius 3 is 2.68 bits per heavy atom. The van der Waals surface area contributed by atoms with E-state index in [1.165, 1.54) is 6.07 Å². The number of carboxylic acids is 1. The van der Waals surface area contributed by atoms with Crippen LogP contribution in [-0.4, -0.2) is 23.8 Å². The van der Waals surface area contributed by atoms with Crippen molar-refractivity contribution in [3.8, 4) is 11.5 Å². The average molecular weight is 264 g/mol. The number of fused-ring (bicyclic) bond motifs is 1. The minimum Gasteiger partial charge on any atom is -0.493 e. The summed E-state index contributed by atoms with van der Waals surface area (Å²) in [7, 11) is 0. The minimum absolute atomic E-state index is 0.0147. The number of ether oxygens (including phenoxy) is 2. The number of carboxylic acid groups (broad SMARTS) is 1. The molecule has 1 aromatic heterocycles. The van der Waals surface area contributed by atoms with Gasteiger partial charge in [-0.15, -0.1) is 0 Å². The van der Waals surface area contributed by atoms with E-state index in [9.17, 15) is 4.79 Å². The van der Waals surface area contributed by atoms with Gasteiger partial charge >= 0.3 is 5.97 Å². The van der Waals surface area contributed by atoms with Crippen molar-refractivity contribution in [3.63, 3.8) is 0 Å². The molecule has 0 saturated carbocycles. The lowest BCUT2D eigenvalue weighted by molar-refractivity contribution is 0.0665. The molecule has 2 aromatic rings. The third kappa shape index (κ3) is 2.81. The summed E-state index contributed by atoms with van der Waals surface area (Å²) in [5.41, 5.74) is 0.444. The molecule has 0 aliphatic rings. The van der Waals surface area contributed by atoms with Gasteiger partial charge in [0.15, 0.2) is 0 Å². The maximum atomic E-state index is 10.9. The van der Waals surface area contributed by atoms with Gasteiger partial charge < -0.3 is 19.0 Å². The second-order valence-corrected chi connectivity index (χ2v) is 4.35. The summed E-state index contributed by atoms with van der Waals surface area (Å²) >= 11 is 0. The highest BCUT2D eigenvalue weighted by molar-refractivity contribution is 5.94. The number of rotatable bonds is 5. The third-order valence-electron chi connectivity index (χ3n) is 2.46. The molecule has 0 radical (unpaired) electrons. The fourth-order valence-corrected chi connectivity index (χ4v) is 1.80. The molecule has 1 heterocycles. The first-order valence-corrected chi connectivity index (χ1v) is 6.11. The fraction of sp³-hybridized carbons (Fsp3) is 0.357. The lowest BCUT2D eigenvalue weighted by Gasteiger charge is -2.11. The summed E-state index contributed by atoms with van der Waals surface area (Å²) < 4.78 is 16.4. The molecule has 0 spiro atoms. The van der Waals surface area contributed by atoms with Gasteiger partial charge in [-0.05, 0) is 20.8 Å². The zero-order chi connectivity index (χ0) is 14.0. The van der Waals surface area contributed by atoms with E-state index in [2.05, 4.69) is 0 Å². The Hall–Kier alpha value is -2.17. The van der Waals surface area contributed by atoms with Crippen LogP contribution in [0, 0.1) is 0 Å². The van der Waals surface area contributed by atoms with E-state index in [0.29, 0.717) is 29.1 Å². The molecule has 0 atom stereocenters. The lowest BCUT2D eigenvalue weighted by Crippen LogP contribution is -2.05. The van der Waals surface area contributed by atoms with E-state index in [-0.39, 0.29) is 11.9 Å². The van der Waals surface area contributed by atoms with Gasteiger partial charge in [-0.25, -0.2) is 4.79 Å². The van der Waals surface area contributed by atoms with Gasteiger partial charge in [-0.3, -0.25) is 0 Å². The van der Waals surface area contributed by atoms with Crippen LogP contribution in [0.15, 0.2) is 22.6 Å². The topological polar surface area (TPSA) is 68.9 Å². The molecule has 0 bridgehead atoms. The van der Waals surface area contributed by atoms with Gasteiger partial charge in [0, 0.05) is 18.2 Å². The van der Waals surface area contributed by atoms with Crippen LogP contribution in [0.1, 0.15) is 31.3 Å². The van der Waals surface area contributed by atoms with Crippen LogP contribution in [-0.2, 0) is 0 Å². The standard InChI is InChI=1S/C14H16O5/c1-4-17-11-5-9(18-8(2)3)6-12-10(11)7-13(19-12)14(15)16/h5-8H,4H2,1-3H3,(H,15,16). The SMILES string of the molecule is CCOc1cc(OC(C)C)cc2oc(C(=O)O)cc12. The normalized spacial score (nSPS) is 10.9. The maximum absolute atomic E-state index is 10.9. The molecule has 19 heavy (non-hydrogen) atoms. The van der Waals surface area contributed by atoms with E-state index in [4.69, 9.17) is 19.0 Å². The van der Waals surface area contributed by atoms with Crippen LogP contribution >= 0.6 is 0 Å². The number of hydrogen-bond acceptors (Lipinski definition) is 4.